The molecule has 2 rings (SSSR count). The molecule has 5 nitrogen and oxygen atoms in total. The summed E-state index contributed by atoms with van der Waals surface area (Å²) in [5.74, 6) is -1.08. The van der Waals surface area contributed by atoms with Gasteiger partial charge in [-0.1, -0.05) is 40.9 Å². The van der Waals surface area contributed by atoms with Gasteiger partial charge in [-0.3, -0.25) is 14.5 Å². The summed E-state index contributed by atoms with van der Waals surface area (Å²) in [6, 6.07) is 7.78. The van der Waals surface area contributed by atoms with Crippen LogP contribution in [0.15, 0.2) is 36.4 Å². The van der Waals surface area contributed by atoms with E-state index in [1.54, 1.807) is 18.2 Å². The van der Waals surface area contributed by atoms with Crippen molar-refractivity contribution in [3.05, 3.63) is 57.0 Å². The highest BCUT2D eigenvalue weighted by Crippen LogP contribution is 2.36. The Balaban J connectivity index is 1.93. The molecule has 0 aliphatic rings. The van der Waals surface area contributed by atoms with E-state index in [-0.39, 0.29) is 34.5 Å². The topological polar surface area (TPSA) is 61.4 Å². The monoisotopic (exact) mass is 467 g/mol. The lowest BCUT2D eigenvalue weighted by atomic mass is 10.2. The Bertz CT molecular complexity index is 903. The molecule has 156 valence electrons. The number of halogens is 6. The molecule has 11 heteroatoms. The quantitative estimate of drug-likeness (QED) is 0.614. The molecule has 0 radical (unpaired) electrons. The highest BCUT2D eigenvalue weighted by atomic mass is 35.5. The predicted molar refractivity (Wildman–Crippen MR) is 108 cm³/mol. The van der Waals surface area contributed by atoms with Crippen LogP contribution in [-0.4, -0.2) is 36.9 Å². The average Bonchev–Trinajstić information content (AvgIpc) is 2.58. The maximum atomic E-state index is 12.9. The number of hydrogen-bond donors (Lipinski definition) is 2. The lowest BCUT2D eigenvalue weighted by Crippen LogP contribution is -2.36. The summed E-state index contributed by atoms with van der Waals surface area (Å²) < 4.78 is 38.7. The molecule has 0 fully saturated rings. The highest BCUT2D eigenvalue weighted by molar-refractivity contribution is 6.39. The number of likely N-dealkylation sites (N-methyl/N-ethyl adjacent to an activating group) is 1. The van der Waals surface area contributed by atoms with E-state index in [2.05, 4.69) is 10.6 Å². The fourth-order valence-corrected chi connectivity index (χ4v) is 3.08. The van der Waals surface area contributed by atoms with Crippen LogP contribution in [0.2, 0.25) is 15.1 Å². The van der Waals surface area contributed by atoms with Crippen molar-refractivity contribution in [2.24, 2.45) is 0 Å². The second-order valence-electron chi connectivity index (χ2n) is 6.06. The van der Waals surface area contributed by atoms with Crippen LogP contribution >= 0.6 is 34.8 Å². The third-order valence-electron chi connectivity index (χ3n) is 3.61. The van der Waals surface area contributed by atoms with Crippen molar-refractivity contribution in [2.75, 3.05) is 30.8 Å². The van der Waals surface area contributed by atoms with Crippen molar-refractivity contribution < 1.29 is 22.8 Å². The number of anilines is 2. The van der Waals surface area contributed by atoms with E-state index >= 15 is 0 Å². The zero-order valence-electron chi connectivity index (χ0n) is 14.9. The number of para-hydroxylation sites is 1. The SMILES string of the molecule is CN(CC(=O)Nc1ccc(Cl)c(C(F)(F)F)c1)CC(=O)Nc1c(Cl)cccc1Cl. The lowest BCUT2D eigenvalue weighted by Gasteiger charge is -2.17. The molecule has 0 bridgehead atoms. The number of rotatable bonds is 6. The van der Waals surface area contributed by atoms with Crippen LogP contribution in [0.5, 0.6) is 0 Å². The summed E-state index contributed by atoms with van der Waals surface area (Å²) in [4.78, 5) is 25.6. The van der Waals surface area contributed by atoms with Gasteiger partial charge in [0.2, 0.25) is 11.8 Å². The van der Waals surface area contributed by atoms with E-state index in [4.69, 9.17) is 34.8 Å². The molecule has 2 amide bonds. The first-order valence-electron chi connectivity index (χ1n) is 8.06. The minimum Gasteiger partial charge on any atom is -0.325 e. The molecule has 0 aromatic heterocycles. The fraction of sp³-hybridized carbons (Fsp3) is 0.222. The van der Waals surface area contributed by atoms with Gasteiger partial charge in [-0.05, 0) is 37.4 Å². The number of benzene rings is 2. The molecule has 0 aliphatic heterocycles. The number of alkyl halides is 3. The van der Waals surface area contributed by atoms with Crippen LogP contribution in [0, 0.1) is 0 Å². The lowest BCUT2D eigenvalue weighted by molar-refractivity contribution is -0.137. The van der Waals surface area contributed by atoms with Gasteiger partial charge in [-0.25, -0.2) is 0 Å². The number of carbonyl (C=O) groups excluding carboxylic acids is 2. The largest absolute Gasteiger partial charge is 0.417 e. The Hall–Kier alpha value is -2.00. The normalized spacial score (nSPS) is 11.4. The smallest absolute Gasteiger partial charge is 0.325 e. The average molecular weight is 469 g/mol. The molecule has 0 atom stereocenters. The first-order chi connectivity index (χ1) is 13.5. The summed E-state index contributed by atoms with van der Waals surface area (Å²) in [5.41, 5.74) is -0.867. The van der Waals surface area contributed by atoms with Gasteiger partial charge in [0.15, 0.2) is 0 Å². The van der Waals surface area contributed by atoms with Crippen molar-refractivity contribution in [3.8, 4) is 0 Å². The maximum Gasteiger partial charge on any atom is 0.417 e. The van der Waals surface area contributed by atoms with Gasteiger partial charge in [-0.2, -0.15) is 13.2 Å². The number of hydrogen-bond acceptors (Lipinski definition) is 3. The van der Waals surface area contributed by atoms with Crippen molar-refractivity contribution in [1.29, 1.82) is 0 Å². The number of carbonyl (C=O) groups is 2. The zero-order chi connectivity index (χ0) is 21.8. The molecule has 2 aromatic carbocycles. The zero-order valence-corrected chi connectivity index (χ0v) is 17.2. The Labute approximate surface area is 179 Å². The standard InChI is InChI=1S/C18H15Cl3F3N3O2/c1-27(9-16(29)26-17-13(20)3-2-4-14(17)21)8-15(28)25-10-5-6-12(19)11(7-10)18(22,23)24/h2-7H,8-9H2,1H3,(H,25,28)(H,26,29). The minimum atomic E-state index is -4.65. The van der Waals surface area contributed by atoms with Crippen LogP contribution in [-0.2, 0) is 15.8 Å². The molecule has 0 unspecified atom stereocenters. The van der Waals surface area contributed by atoms with E-state index in [1.807, 2.05) is 0 Å². The van der Waals surface area contributed by atoms with Gasteiger partial charge in [0, 0.05) is 5.69 Å². The Morgan fingerprint density at radius 1 is 0.931 bits per heavy atom. The summed E-state index contributed by atoms with van der Waals surface area (Å²) in [6.07, 6.45) is -4.65. The van der Waals surface area contributed by atoms with Crippen LogP contribution in [0.25, 0.3) is 0 Å². The van der Waals surface area contributed by atoms with E-state index in [9.17, 15) is 22.8 Å². The van der Waals surface area contributed by atoms with E-state index in [1.165, 1.54) is 18.0 Å². The maximum absolute atomic E-state index is 12.9. The van der Waals surface area contributed by atoms with E-state index in [0.717, 1.165) is 12.1 Å². The van der Waals surface area contributed by atoms with Gasteiger partial charge >= 0.3 is 6.18 Å². The Kier molecular flexibility index (Phi) is 7.76. The van der Waals surface area contributed by atoms with Crippen LogP contribution in [0.4, 0.5) is 24.5 Å². The van der Waals surface area contributed by atoms with Crippen molar-refractivity contribution in [3.63, 3.8) is 0 Å². The number of nitrogens with one attached hydrogen (secondary N) is 2. The number of nitrogens with zero attached hydrogens (tertiary/aromatic N) is 1. The fourth-order valence-electron chi connectivity index (χ4n) is 2.36. The molecule has 0 aliphatic carbocycles. The molecular weight excluding hydrogens is 454 g/mol. The first-order valence-corrected chi connectivity index (χ1v) is 9.19. The summed E-state index contributed by atoms with van der Waals surface area (Å²) in [6.45, 7) is -0.420. The van der Waals surface area contributed by atoms with Gasteiger partial charge in [0.25, 0.3) is 0 Å². The summed E-state index contributed by atoms with van der Waals surface area (Å²) in [7, 11) is 1.50. The summed E-state index contributed by atoms with van der Waals surface area (Å²) >= 11 is 17.5. The van der Waals surface area contributed by atoms with Gasteiger partial charge < -0.3 is 10.6 Å². The van der Waals surface area contributed by atoms with Crippen LogP contribution in [0.1, 0.15) is 5.56 Å². The number of amides is 2. The van der Waals surface area contributed by atoms with Crippen molar-refractivity contribution >= 4 is 58.0 Å². The van der Waals surface area contributed by atoms with Crippen molar-refractivity contribution in [1.82, 2.24) is 4.90 Å². The van der Waals surface area contributed by atoms with Gasteiger partial charge in [-0.15, -0.1) is 0 Å². The van der Waals surface area contributed by atoms with E-state index in [0.29, 0.717) is 0 Å². The second kappa shape index (κ2) is 9.67. The molecule has 0 spiro atoms. The van der Waals surface area contributed by atoms with E-state index < -0.39 is 28.6 Å². The Morgan fingerprint density at radius 3 is 2.03 bits per heavy atom. The minimum absolute atomic E-state index is 0.0626. The van der Waals surface area contributed by atoms with Crippen LogP contribution < -0.4 is 10.6 Å². The third-order valence-corrected chi connectivity index (χ3v) is 4.57. The molecule has 29 heavy (non-hydrogen) atoms. The predicted octanol–water partition coefficient (Wildman–Crippen LogP) is 5.17. The second-order valence-corrected chi connectivity index (χ2v) is 7.28. The molecular formula is C18H15Cl3F3N3O2. The van der Waals surface area contributed by atoms with Crippen molar-refractivity contribution in [2.45, 2.75) is 6.18 Å². The van der Waals surface area contributed by atoms with Gasteiger partial charge in [0.05, 0.1) is 39.4 Å². The molecule has 2 aromatic rings. The first kappa shape index (κ1) is 23.3. The van der Waals surface area contributed by atoms with Crippen LogP contribution in [0.3, 0.4) is 0 Å². The van der Waals surface area contributed by atoms with Gasteiger partial charge in [0.1, 0.15) is 0 Å². The summed E-state index contributed by atoms with van der Waals surface area (Å²) in [5, 5.41) is 4.93. The Morgan fingerprint density at radius 2 is 1.48 bits per heavy atom. The molecule has 0 saturated heterocycles. The molecule has 2 N–H and O–H groups in total. The third kappa shape index (κ3) is 6.78. The molecule has 0 heterocycles. The highest BCUT2D eigenvalue weighted by Gasteiger charge is 2.33. The molecule has 0 saturated carbocycles.